The van der Waals surface area contributed by atoms with Crippen molar-refractivity contribution in [2.75, 3.05) is 4.90 Å². The van der Waals surface area contributed by atoms with Crippen molar-refractivity contribution in [3.05, 3.63) is 36.0 Å². The first kappa shape index (κ1) is 12.5. The van der Waals surface area contributed by atoms with Gasteiger partial charge in [-0.25, -0.2) is 0 Å². The van der Waals surface area contributed by atoms with E-state index in [1.807, 2.05) is 0 Å². The van der Waals surface area contributed by atoms with Crippen LogP contribution in [0.3, 0.4) is 0 Å². The number of hydrogen-bond donors (Lipinski definition) is 0. The molecule has 3 heterocycles. The summed E-state index contributed by atoms with van der Waals surface area (Å²) in [7, 11) is 0. The lowest BCUT2D eigenvalue weighted by Crippen LogP contribution is -2.43. The molecular weight excluding hydrogens is 268 g/mol. The molecule has 2 saturated heterocycles. The van der Waals surface area contributed by atoms with Crippen LogP contribution in [0.25, 0.3) is 10.9 Å². The molecule has 2 bridgehead atoms. The molecule has 1 aromatic carbocycles. The molecule has 1 aromatic heterocycles. The van der Waals surface area contributed by atoms with E-state index >= 15 is 0 Å². The number of fused-ring (bicyclic) bond motifs is 3. The number of para-hydroxylation sites is 1. The lowest BCUT2D eigenvalue weighted by atomic mass is 10.00. The summed E-state index contributed by atoms with van der Waals surface area (Å²) in [5.74, 6) is 0. The van der Waals surface area contributed by atoms with Gasteiger partial charge in [-0.2, -0.15) is 0 Å². The van der Waals surface area contributed by atoms with Gasteiger partial charge in [-0.05, 0) is 44.7 Å². The number of rotatable bonds is 1. The van der Waals surface area contributed by atoms with E-state index < -0.39 is 0 Å². The Balaban J connectivity index is 1.86. The van der Waals surface area contributed by atoms with Crippen molar-refractivity contribution in [3.8, 4) is 0 Å². The molecule has 0 saturated carbocycles. The molecule has 0 N–H and O–H groups in total. The molecule has 2 nitrogen and oxygen atoms in total. The average molecular weight is 287 g/mol. The highest BCUT2D eigenvalue weighted by Crippen LogP contribution is 2.43. The van der Waals surface area contributed by atoms with E-state index in [4.69, 9.17) is 11.6 Å². The van der Waals surface area contributed by atoms with Crippen molar-refractivity contribution in [1.82, 2.24) is 4.98 Å². The fourth-order valence-electron chi connectivity index (χ4n) is 4.00. The maximum absolute atomic E-state index is 6.41. The fourth-order valence-corrected chi connectivity index (χ4v) is 4.41. The maximum atomic E-state index is 6.41. The van der Waals surface area contributed by atoms with Gasteiger partial charge in [0.25, 0.3) is 0 Å². The Bertz CT molecular complexity index is 640. The zero-order valence-electron chi connectivity index (χ0n) is 11.7. The average Bonchev–Trinajstić information content (AvgIpc) is 2.69. The van der Waals surface area contributed by atoms with E-state index in [1.54, 1.807) is 0 Å². The molecule has 2 atom stereocenters. The smallest absolute Gasteiger partial charge is 0.0726 e. The summed E-state index contributed by atoms with van der Waals surface area (Å²) in [5.41, 5.74) is 3.57. The first-order valence-electron chi connectivity index (χ1n) is 7.51. The number of hydrogen-bond acceptors (Lipinski definition) is 2. The Morgan fingerprint density at radius 3 is 2.60 bits per heavy atom. The normalized spacial score (nSPS) is 29.1. The molecular formula is C17H19ClN2. The molecule has 4 rings (SSSR count). The molecule has 0 aliphatic carbocycles. The highest BCUT2D eigenvalue weighted by atomic mass is 35.5. The lowest BCUT2D eigenvalue weighted by Gasteiger charge is -2.39. The molecule has 104 valence electrons. The molecule has 0 amide bonds. The number of pyridine rings is 1. The SMILES string of the molecule is Cc1cc(N2C3CCC2CC(Cl)C3)c2ccccc2n1. The van der Waals surface area contributed by atoms with Crippen molar-refractivity contribution in [2.45, 2.75) is 50.1 Å². The quantitative estimate of drug-likeness (QED) is 0.727. The van der Waals surface area contributed by atoms with Crippen LogP contribution in [-0.4, -0.2) is 22.4 Å². The van der Waals surface area contributed by atoms with Crippen molar-refractivity contribution < 1.29 is 0 Å². The molecule has 0 radical (unpaired) electrons. The number of aryl methyl sites for hydroxylation is 1. The maximum Gasteiger partial charge on any atom is 0.0726 e. The van der Waals surface area contributed by atoms with Gasteiger partial charge in [-0.3, -0.25) is 4.98 Å². The van der Waals surface area contributed by atoms with Crippen molar-refractivity contribution in [1.29, 1.82) is 0 Å². The van der Waals surface area contributed by atoms with Crippen LogP contribution < -0.4 is 4.90 Å². The summed E-state index contributed by atoms with van der Waals surface area (Å²) < 4.78 is 0. The number of halogens is 1. The molecule has 0 spiro atoms. The van der Waals surface area contributed by atoms with Gasteiger partial charge in [0, 0.05) is 34.2 Å². The standard InChI is InChI=1S/C17H19ClN2/c1-11-8-17(15-4-2-3-5-16(15)19-11)20-13-6-7-14(20)10-12(18)9-13/h2-5,8,12-14H,6-7,9-10H2,1H3. The topological polar surface area (TPSA) is 16.1 Å². The van der Waals surface area contributed by atoms with Gasteiger partial charge in [0.2, 0.25) is 0 Å². The number of alkyl halides is 1. The molecule has 20 heavy (non-hydrogen) atoms. The summed E-state index contributed by atoms with van der Waals surface area (Å²) in [6.45, 7) is 2.09. The van der Waals surface area contributed by atoms with Gasteiger partial charge in [-0.1, -0.05) is 18.2 Å². The molecule has 2 unspecified atom stereocenters. The van der Waals surface area contributed by atoms with Crippen LogP contribution >= 0.6 is 11.6 Å². The first-order valence-corrected chi connectivity index (χ1v) is 7.95. The summed E-state index contributed by atoms with van der Waals surface area (Å²) in [6, 6.07) is 12.0. The molecule has 2 aromatic rings. The Morgan fingerprint density at radius 2 is 1.85 bits per heavy atom. The second kappa shape index (κ2) is 4.63. The fraction of sp³-hybridized carbons (Fsp3) is 0.471. The van der Waals surface area contributed by atoms with Gasteiger partial charge in [-0.15, -0.1) is 11.6 Å². The second-order valence-electron chi connectivity index (χ2n) is 6.16. The third kappa shape index (κ3) is 1.89. The highest BCUT2D eigenvalue weighted by Gasteiger charge is 2.40. The summed E-state index contributed by atoms with van der Waals surface area (Å²) in [6.07, 6.45) is 4.80. The van der Waals surface area contributed by atoms with E-state index in [0.29, 0.717) is 17.5 Å². The predicted octanol–water partition coefficient (Wildman–Crippen LogP) is 4.28. The predicted molar refractivity (Wildman–Crippen MR) is 84.6 cm³/mol. The van der Waals surface area contributed by atoms with Crippen LogP contribution in [0, 0.1) is 6.92 Å². The minimum atomic E-state index is 0.359. The highest BCUT2D eigenvalue weighted by molar-refractivity contribution is 6.20. The van der Waals surface area contributed by atoms with Gasteiger partial charge >= 0.3 is 0 Å². The Kier molecular flexibility index (Phi) is 2.88. The monoisotopic (exact) mass is 286 g/mol. The number of piperidine rings is 1. The van der Waals surface area contributed by atoms with Crippen LogP contribution in [0.4, 0.5) is 5.69 Å². The van der Waals surface area contributed by atoms with Crippen LogP contribution in [0.15, 0.2) is 30.3 Å². The summed E-state index contributed by atoms with van der Waals surface area (Å²) in [4.78, 5) is 7.30. The van der Waals surface area contributed by atoms with Gasteiger partial charge < -0.3 is 4.90 Å². The first-order chi connectivity index (χ1) is 9.72. The Morgan fingerprint density at radius 1 is 1.15 bits per heavy atom. The van der Waals surface area contributed by atoms with E-state index in [9.17, 15) is 0 Å². The van der Waals surface area contributed by atoms with Gasteiger partial charge in [0.1, 0.15) is 0 Å². The molecule has 3 heteroatoms. The minimum absolute atomic E-state index is 0.359. The van der Waals surface area contributed by atoms with Crippen molar-refractivity contribution in [2.24, 2.45) is 0 Å². The van der Waals surface area contributed by atoms with Crippen LogP contribution in [0.2, 0.25) is 0 Å². The van der Waals surface area contributed by atoms with E-state index in [0.717, 1.165) is 24.1 Å². The number of nitrogens with zero attached hydrogens (tertiary/aromatic N) is 2. The van der Waals surface area contributed by atoms with E-state index in [1.165, 1.54) is 23.9 Å². The van der Waals surface area contributed by atoms with E-state index in [-0.39, 0.29) is 0 Å². The lowest BCUT2D eigenvalue weighted by molar-refractivity contribution is 0.475. The third-order valence-electron chi connectivity index (χ3n) is 4.78. The van der Waals surface area contributed by atoms with Crippen LogP contribution in [0.5, 0.6) is 0 Å². The molecule has 2 aliphatic rings. The largest absolute Gasteiger partial charge is 0.365 e. The third-order valence-corrected chi connectivity index (χ3v) is 5.13. The minimum Gasteiger partial charge on any atom is -0.365 e. The van der Waals surface area contributed by atoms with Crippen molar-refractivity contribution >= 4 is 28.2 Å². The van der Waals surface area contributed by atoms with Gasteiger partial charge in [0.05, 0.1) is 5.52 Å². The van der Waals surface area contributed by atoms with Crippen LogP contribution in [-0.2, 0) is 0 Å². The second-order valence-corrected chi connectivity index (χ2v) is 6.78. The zero-order valence-corrected chi connectivity index (χ0v) is 12.5. The number of anilines is 1. The molecule has 2 aliphatic heterocycles. The van der Waals surface area contributed by atoms with Crippen LogP contribution in [0.1, 0.15) is 31.4 Å². The van der Waals surface area contributed by atoms with Crippen molar-refractivity contribution in [3.63, 3.8) is 0 Å². The summed E-state index contributed by atoms with van der Waals surface area (Å²) >= 11 is 6.41. The summed E-state index contributed by atoms with van der Waals surface area (Å²) in [5, 5.41) is 1.64. The van der Waals surface area contributed by atoms with Gasteiger partial charge in [0.15, 0.2) is 0 Å². The van der Waals surface area contributed by atoms with E-state index in [2.05, 4.69) is 47.1 Å². The Labute approximate surface area is 124 Å². The Hall–Kier alpha value is -1.28. The number of aromatic nitrogens is 1. The number of benzene rings is 1. The molecule has 2 fully saturated rings. The zero-order chi connectivity index (χ0) is 13.7.